The van der Waals surface area contributed by atoms with Crippen LogP contribution in [0.1, 0.15) is 35.6 Å². The number of carbonyl (C=O) groups is 2. The number of nitrogens with zero attached hydrogens (tertiary/aromatic N) is 1. The van der Waals surface area contributed by atoms with Gasteiger partial charge >= 0.3 is 6.03 Å². The van der Waals surface area contributed by atoms with Gasteiger partial charge in [-0.2, -0.15) is 0 Å². The summed E-state index contributed by atoms with van der Waals surface area (Å²) in [6.45, 7) is 5.46. The molecule has 1 aliphatic rings. The average Bonchev–Trinajstić information content (AvgIpc) is 2.84. The van der Waals surface area contributed by atoms with Crippen molar-refractivity contribution in [1.82, 2.24) is 10.2 Å². The second-order valence-corrected chi connectivity index (χ2v) is 8.90. The summed E-state index contributed by atoms with van der Waals surface area (Å²) >= 11 is 0. The molecule has 3 amide bonds. The van der Waals surface area contributed by atoms with Crippen LogP contribution in [0.5, 0.6) is 0 Å². The summed E-state index contributed by atoms with van der Waals surface area (Å²) in [5, 5.41) is 9.11. The predicted molar refractivity (Wildman–Crippen MR) is 137 cm³/mol. The summed E-state index contributed by atoms with van der Waals surface area (Å²) in [5.41, 5.74) is 4.74. The SMILES string of the molecule is Cc1ccc(C)c(NC(=O)C(c2ccccc2)N2CCC(NC(=O)Nc3ccccc3)CC2)c1. The summed E-state index contributed by atoms with van der Waals surface area (Å²) in [5.74, 6) is -0.0341. The number of likely N-dealkylation sites (tertiary alicyclic amines) is 1. The van der Waals surface area contributed by atoms with E-state index in [0.29, 0.717) is 0 Å². The topological polar surface area (TPSA) is 73.5 Å². The van der Waals surface area contributed by atoms with Crippen LogP contribution in [-0.2, 0) is 4.79 Å². The zero-order chi connectivity index (χ0) is 23.9. The fraction of sp³-hybridized carbons (Fsp3) is 0.286. The lowest BCUT2D eigenvalue weighted by Gasteiger charge is -2.37. The zero-order valence-corrected chi connectivity index (χ0v) is 19.8. The van der Waals surface area contributed by atoms with Gasteiger partial charge in [-0.1, -0.05) is 60.7 Å². The van der Waals surface area contributed by atoms with Gasteiger partial charge in [0.25, 0.3) is 0 Å². The van der Waals surface area contributed by atoms with Crippen molar-refractivity contribution in [3.05, 3.63) is 95.6 Å². The molecular formula is C28H32N4O2. The van der Waals surface area contributed by atoms with Gasteiger partial charge in [0, 0.05) is 30.5 Å². The molecule has 6 nitrogen and oxygen atoms in total. The Hall–Kier alpha value is -3.64. The van der Waals surface area contributed by atoms with E-state index in [4.69, 9.17) is 0 Å². The van der Waals surface area contributed by atoms with Gasteiger partial charge in [-0.05, 0) is 61.6 Å². The molecule has 3 aromatic rings. The molecule has 1 heterocycles. The van der Waals surface area contributed by atoms with Crippen molar-refractivity contribution in [2.75, 3.05) is 23.7 Å². The summed E-state index contributed by atoms with van der Waals surface area (Å²) in [7, 11) is 0. The summed E-state index contributed by atoms with van der Waals surface area (Å²) in [4.78, 5) is 28.1. The van der Waals surface area contributed by atoms with E-state index in [-0.39, 0.29) is 24.0 Å². The maximum atomic E-state index is 13.5. The van der Waals surface area contributed by atoms with E-state index in [9.17, 15) is 9.59 Å². The number of para-hydroxylation sites is 1. The van der Waals surface area contributed by atoms with Crippen LogP contribution in [0.4, 0.5) is 16.2 Å². The Labute approximate surface area is 201 Å². The van der Waals surface area contributed by atoms with E-state index in [2.05, 4.69) is 20.9 Å². The van der Waals surface area contributed by atoms with Gasteiger partial charge in [-0.15, -0.1) is 0 Å². The van der Waals surface area contributed by atoms with Crippen molar-refractivity contribution in [3.63, 3.8) is 0 Å². The lowest BCUT2D eigenvalue weighted by Crippen LogP contribution is -2.48. The fourth-order valence-corrected chi connectivity index (χ4v) is 4.41. The van der Waals surface area contributed by atoms with Gasteiger partial charge in [-0.3, -0.25) is 9.69 Å². The second-order valence-electron chi connectivity index (χ2n) is 8.90. The van der Waals surface area contributed by atoms with Crippen LogP contribution in [0.25, 0.3) is 0 Å². The lowest BCUT2D eigenvalue weighted by molar-refractivity contribution is -0.122. The van der Waals surface area contributed by atoms with E-state index < -0.39 is 0 Å². The van der Waals surface area contributed by atoms with E-state index >= 15 is 0 Å². The Balaban J connectivity index is 1.41. The van der Waals surface area contributed by atoms with Crippen LogP contribution in [-0.4, -0.2) is 36.0 Å². The Bertz CT molecular complexity index is 1110. The highest BCUT2D eigenvalue weighted by molar-refractivity contribution is 5.96. The molecule has 1 unspecified atom stereocenters. The molecule has 34 heavy (non-hydrogen) atoms. The molecule has 1 atom stereocenters. The van der Waals surface area contributed by atoms with Gasteiger partial charge in [0.05, 0.1) is 0 Å². The number of benzene rings is 3. The Morgan fingerprint density at radius 1 is 0.853 bits per heavy atom. The number of carbonyl (C=O) groups excluding carboxylic acids is 2. The van der Waals surface area contributed by atoms with Crippen LogP contribution < -0.4 is 16.0 Å². The molecular weight excluding hydrogens is 424 g/mol. The Morgan fingerprint density at radius 3 is 2.18 bits per heavy atom. The van der Waals surface area contributed by atoms with Crippen molar-refractivity contribution >= 4 is 23.3 Å². The first-order valence-corrected chi connectivity index (χ1v) is 11.8. The molecule has 0 bridgehead atoms. The molecule has 1 saturated heterocycles. The largest absolute Gasteiger partial charge is 0.335 e. The minimum Gasteiger partial charge on any atom is -0.335 e. The summed E-state index contributed by atoms with van der Waals surface area (Å²) in [6.07, 6.45) is 1.56. The third-order valence-corrected chi connectivity index (χ3v) is 6.28. The van der Waals surface area contributed by atoms with Crippen LogP contribution in [0.15, 0.2) is 78.9 Å². The minimum absolute atomic E-state index is 0.0341. The molecule has 3 aromatic carbocycles. The molecule has 1 aliphatic heterocycles. The van der Waals surface area contributed by atoms with E-state index in [1.807, 2.05) is 92.7 Å². The first kappa shape index (κ1) is 23.5. The van der Waals surface area contributed by atoms with Crippen LogP contribution >= 0.6 is 0 Å². The number of nitrogens with one attached hydrogen (secondary N) is 3. The first-order chi connectivity index (χ1) is 16.5. The predicted octanol–water partition coefficient (Wildman–Crippen LogP) is 5.27. The van der Waals surface area contributed by atoms with Crippen LogP contribution in [0.3, 0.4) is 0 Å². The molecule has 4 rings (SSSR count). The summed E-state index contributed by atoms with van der Waals surface area (Å²) < 4.78 is 0. The number of anilines is 2. The number of urea groups is 1. The number of amides is 3. The van der Waals surface area contributed by atoms with Gasteiger partial charge in [0.1, 0.15) is 6.04 Å². The number of rotatable bonds is 6. The number of hydrogen-bond acceptors (Lipinski definition) is 3. The van der Waals surface area contributed by atoms with Crippen LogP contribution in [0.2, 0.25) is 0 Å². The molecule has 1 fully saturated rings. The molecule has 3 N–H and O–H groups in total. The van der Waals surface area contributed by atoms with Crippen molar-refractivity contribution in [3.8, 4) is 0 Å². The maximum absolute atomic E-state index is 13.5. The number of hydrogen-bond donors (Lipinski definition) is 3. The number of aryl methyl sites for hydroxylation is 2. The van der Waals surface area contributed by atoms with E-state index in [1.54, 1.807) is 0 Å². The second kappa shape index (κ2) is 11.0. The van der Waals surface area contributed by atoms with E-state index in [0.717, 1.165) is 54.0 Å². The smallest absolute Gasteiger partial charge is 0.319 e. The minimum atomic E-state index is -0.389. The van der Waals surface area contributed by atoms with Crippen molar-refractivity contribution < 1.29 is 9.59 Å². The van der Waals surface area contributed by atoms with Crippen molar-refractivity contribution in [2.45, 2.75) is 38.8 Å². The molecule has 0 aliphatic carbocycles. The lowest BCUT2D eigenvalue weighted by atomic mass is 9.98. The normalized spacial score (nSPS) is 15.4. The van der Waals surface area contributed by atoms with E-state index in [1.165, 1.54) is 0 Å². The molecule has 0 aromatic heterocycles. The third-order valence-electron chi connectivity index (χ3n) is 6.28. The highest BCUT2D eigenvalue weighted by Crippen LogP contribution is 2.27. The molecule has 6 heteroatoms. The maximum Gasteiger partial charge on any atom is 0.319 e. The van der Waals surface area contributed by atoms with Gasteiger partial charge in [0.15, 0.2) is 0 Å². The average molecular weight is 457 g/mol. The molecule has 0 radical (unpaired) electrons. The third kappa shape index (κ3) is 6.02. The molecule has 176 valence electrons. The monoisotopic (exact) mass is 456 g/mol. The quantitative estimate of drug-likeness (QED) is 0.473. The highest BCUT2D eigenvalue weighted by Gasteiger charge is 2.31. The Kier molecular flexibility index (Phi) is 7.60. The molecule has 0 spiro atoms. The highest BCUT2D eigenvalue weighted by atomic mass is 16.2. The summed E-state index contributed by atoms with van der Waals surface area (Å²) in [6, 6.07) is 24.9. The van der Waals surface area contributed by atoms with Crippen molar-refractivity contribution in [2.24, 2.45) is 0 Å². The standard InChI is InChI=1S/C28H32N4O2/c1-20-13-14-21(2)25(19-20)31-27(33)26(22-9-5-3-6-10-22)32-17-15-24(16-18-32)30-28(34)29-23-11-7-4-8-12-23/h3-14,19,24,26H,15-18H2,1-2H3,(H,31,33)(H2,29,30,34). The zero-order valence-electron chi connectivity index (χ0n) is 19.8. The number of piperidine rings is 1. The van der Waals surface area contributed by atoms with Gasteiger partial charge in [-0.25, -0.2) is 4.79 Å². The van der Waals surface area contributed by atoms with Gasteiger partial charge in [0.2, 0.25) is 5.91 Å². The first-order valence-electron chi connectivity index (χ1n) is 11.8. The van der Waals surface area contributed by atoms with Crippen LogP contribution in [0, 0.1) is 13.8 Å². The Morgan fingerprint density at radius 2 is 1.50 bits per heavy atom. The molecule has 0 saturated carbocycles. The van der Waals surface area contributed by atoms with Gasteiger partial charge < -0.3 is 16.0 Å². The van der Waals surface area contributed by atoms with Crippen molar-refractivity contribution in [1.29, 1.82) is 0 Å². The fourth-order valence-electron chi connectivity index (χ4n) is 4.41.